The zero-order valence-electron chi connectivity index (χ0n) is 13.9. The molecule has 2 atom stereocenters. The van der Waals surface area contributed by atoms with Gasteiger partial charge in [0, 0.05) is 11.1 Å². The van der Waals surface area contributed by atoms with Gasteiger partial charge in [0.05, 0.1) is 13.2 Å². The summed E-state index contributed by atoms with van der Waals surface area (Å²) in [6, 6.07) is 6.17. The van der Waals surface area contributed by atoms with Crippen LogP contribution in [-0.2, 0) is 0 Å². The lowest BCUT2D eigenvalue weighted by Crippen LogP contribution is -2.53. The summed E-state index contributed by atoms with van der Waals surface area (Å²) in [5.74, 6) is 0.884. The largest absolute Gasteiger partial charge is 0.496 e. The molecule has 0 aliphatic heterocycles. The van der Waals surface area contributed by atoms with Crippen molar-refractivity contribution in [3.63, 3.8) is 0 Å². The first-order valence-electron chi connectivity index (χ1n) is 7.59. The molecule has 2 N–H and O–H groups in total. The van der Waals surface area contributed by atoms with E-state index in [1.165, 1.54) is 5.56 Å². The zero-order chi connectivity index (χ0) is 15.3. The highest BCUT2D eigenvalue weighted by molar-refractivity contribution is 5.40. The summed E-state index contributed by atoms with van der Waals surface area (Å²) in [6.45, 7) is 12.9. The minimum atomic E-state index is -0.0674. The Kier molecular flexibility index (Phi) is 6.03. The Balaban J connectivity index is 3.26. The van der Waals surface area contributed by atoms with E-state index in [-0.39, 0.29) is 11.6 Å². The first-order valence-corrected chi connectivity index (χ1v) is 7.59. The molecule has 3 heteroatoms. The molecule has 0 aromatic heterocycles. The monoisotopic (exact) mass is 278 g/mol. The van der Waals surface area contributed by atoms with E-state index in [9.17, 15) is 0 Å². The third-order valence-corrected chi connectivity index (χ3v) is 4.59. The maximum Gasteiger partial charge on any atom is 0.123 e. The van der Waals surface area contributed by atoms with Crippen LogP contribution in [0.15, 0.2) is 18.2 Å². The van der Waals surface area contributed by atoms with Crippen molar-refractivity contribution >= 4 is 0 Å². The average molecular weight is 278 g/mol. The van der Waals surface area contributed by atoms with Crippen molar-refractivity contribution in [3.8, 4) is 5.75 Å². The maximum atomic E-state index is 6.66. The Morgan fingerprint density at radius 2 is 1.85 bits per heavy atom. The van der Waals surface area contributed by atoms with Crippen LogP contribution in [0, 0.1) is 6.92 Å². The predicted molar refractivity (Wildman–Crippen MR) is 86.3 cm³/mol. The summed E-state index contributed by atoms with van der Waals surface area (Å²) in [5, 5.41) is 0. The SMILES string of the molecule is CCN(CC)C(C)(CC)C(N)c1cc(C)ccc1OC. The van der Waals surface area contributed by atoms with Gasteiger partial charge in [-0.05, 0) is 39.4 Å². The third-order valence-electron chi connectivity index (χ3n) is 4.59. The molecule has 0 fully saturated rings. The smallest absolute Gasteiger partial charge is 0.123 e. The Morgan fingerprint density at radius 3 is 2.30 bits per heavy atom. The number of hydrogen-bond acceptors (Lipinski definition) is 3. The second kappa shape index (κ2) is 7.09. The Labute approximate surface area is 124 Å². The molecule has 0 radical (unpaired) electrons. The van der Waals surface area contributed by atoms with E-state index in [1.54, 1.807) is 7.11 Å². The van der Waals surface area contributed by atoms with Gasteiger partial charge in [0.2, 0.25) is 0 Å². The summed E-state index contributed by atoms with van der Waals surface area (Å²) in [4.78, 5) is 2.44. The lowest BCUT2D eigenvalue weighted by Gasteiger charge is -2.44. The van der Waals surface area contributed by atoms with E-state index >= 15 is 0 Å². The first kappa shape index (κ1) is 17.0. The van der Waals surface area contributed by atoms with E-state index in [2.05, 4.69) is 51.7 Å². The van der Waals surface area contributed by atoms with Crippen LogP contribution in [-0.4, -0.2) is 30.6 Å². The molecular formula is C17H30N2O. The summed E-state index contributed by atoms with van der Waals surface area (Å²) < 4.78 is 5.51. The van der Waals surface area contributed by atoms with E-state index in [4.69, 9.17) is 10.5 Å². The van der Waals surface area contributed by atoms with E-state index in [0.29, 0.717) is 0 Å². The van der Waals surface area contributed by atoms with Gasteiger partial charge in [0.1, 0.15) is 5.75 Å². The van der Waals surface area contributed by atoms with Crippen LogP contribution in [0.4, 0.5) is 0 Å². The maximum absolute atomic E-state index is 6.66. The van der Waals surface area contributed by atoms with E-state index in [1.807, 2.05) is 6.07 Å². The molecule has 0 spiro atoms. The van der Waals surface area contributed by atoms with Crippen molar-refractivity contribution in [2.75, 3.05) is 20.2 Å². The van der Waals surface area contributed by atoms with Crippen LogP contribution in [0.3, 0.4) is 0 Å². The molecule has 0 saturated carbocycles. The van der Waals surface area contributed by atoms with Gasteiger partial charge < -0.3 is 10.5 Å². The van der Waals surface area contributed by atoms with Gasteiger partial charge in [0.15, 0.2) is 0 Å². The molecule has 0 aliphatic rings. The Morgan fingerprint density at radius 1 is 1.25 bits per heavy atom. The van der Waals surface area contributed by atoms with Gasteiger partial charge in [-0.25, -0.2) is 0 Å². The zero-order valence-corrected chi connectivity index (χ0v) is 13.9. The van der Waals surface area contributed by atoms with Crippen LogP contribution in [0.5, 0.6) is 5.75 Å². The molecule has 1 aromatic rings. The molecule has 0 aliphatic carbocycles. The third kappa shape index (κ3) is 3.15. The number of methoxy groups -OCH3 is 1. The normalized spacial score (nSPS) is 16.0. The fourth-order valence-electron chi connectivity index (χ4n) is 3.02. The lowest BCUT2D eigenvalue weighted by atomic mass is 9.82. The number of nitrogens with zero attached hydrogens (tertiary/aromatic N) is 1. The Bertz CT molecular complexity index is 429. The topological polar surface area (TPSA) is 38.5 Å². The van der Waals surface area contributed by atoms with Gasteiger partial charge in [-0.15, -0.1) is 0 Å². The highest BCUT2D eigenvalue weighted by Crippen LogP contribution is 2.36. The summed E-state index contributed by atoms with van der Waals surface area (Å²) in [7, 11) is 1.71. The highest BCUT2D eigenvalue weighted by Gasteiger charge is 2.36. The van der Waals surface area contributed by atoms with Crippen molar-refractivity contribution in [1.29, 1.82) is 0 Å². The molecule has 0 saturated heterocycles. The molecule has 1 rings (SSSR count). The van der Waals surface area contributed by atoms with Gasteiger partial charge >= 0.3 is 0 Å². The molecule has 114 valence electrons. The number of ether oxygens (including phenoxy) is 1. The lowest BCUT2D eigenvalue weighted by molar-refractivity contribution is 0.0835. The molecule has 0 heterocycles. The number of aryl methyl sites for hydroxylation is 1. The number of likely N-dealkylation sites (N-methyl/N-ethyl adjacent to an activating group) is 1. The minimum Gasteiger partial charge on any atom is -0.496 e. The van der Waals surface area contributed by atoms with Crippen LogP contribution in [0.2, 0.25) is 0 Å². The molecule has 3 nitrogen and oxygen atoms in total. The average Bonchev–Trinajstić information content (AvgIpc) is 2.47. The summed E-state index contributed by atoms with van der Waals surface area (Å²) in [5.41, 5.74) is 8.91. The van der Waals surface area contributed by atoms with Crippen molar-refractivity contribution in [2.24, 2.45) is 5.73 Å². The second-order valence-electron chi connectivity index (χ2n) is 5.61. The molecule has 2 unspecified atom stereocenters. The van der Waals surface area contributed by atoms with Gasteiger partial charge in [-0.2, -0.15) is 0 Å². The molecule has 0 amide bonds. The van der Waals surface area contributed by atoms with E-state index < -0.39 is 0 Å². The van der Waals surface area contributed by atoms with Crippen molar-refractivity contribution in [3.05, 3.63) is 29.3 Å². The van der Waals surface area contributed by atoms with Crippen molar-refractivity contribution in [1.82, 2.24) is 4.90 Å². The summed E-state index contributed by atoms with van der Waals surface area (Å²) >= 11 is 0. The fourth-order valence-corrected chi connectivity index (χ4v) is 3.02. The van der Waals surface area contributed by atoms with Gasteiger partial charge in [-0.3, -0.25) is 4.90 Å². The standard InChI is InChI=1S/C17H30N2O/c1-7-17(5,19(8-2)9-3)16(18)14-12-13(4)10-11-15(14)20-6/h10-12,16H,7-9,18H2,1-6H3. The van der Waals surface area contributed by atoms with Crippen molar-refractivity contribution in [2.45, 2.75) is 52.6 Å². The van der Waals surface area contributed by atoms with Crippen molar-refractivity contribution < 1.29 is 4.74 Å². The van der Waals surface area contributed by atoms with Gasteiger partial charge in [-0.1, -0.05) is 38.5 Å². The molecule has 20 heavy (non-hydrogen) atoms. The number of benzene rings is 1. The quantitative estimate of drug-likeness (QED) is 0.829. The molecule has 0 bridgehead atoms. The Hall–Kier alpha value is -1.06. The van der Waals surface area contributed by atoms with Crippen LogP contribution < -0.4 is 10.5 Å². The second-order valence-corrected chi connectivity index (χ2v) is 5.61. The number of nitrogens with two attached hydrogens (primary N) is 1. The minimum absolute atomic E-state index is 0.0649. The highest BCUT2D eigenvalue weighted by atomic mass is 16.5. The van der Waals surface area contributed by atoms with E-state index in [0.717, 1.165) is 30.8 Å². The van der Waals surface area contributed by atoms with Crippen LogP contribution >= 0.6 is 0 Å². The predicted octanol–water partition coefficient (Wildman–Crippen LogP) is 3.51. The fraction of sp³-hybridized carbons (Fsp3) is 0.647. The molecular weight excluding hydrogens is 248 g/mol. The van der Waals surface area contributed by atoms with Crippen LogP contribution in [0.1, 0.15) is 51.3 Å². The number of hydrogen-bond donors (Lipinski definition) is 1. The molecule has 1 aromatic carbocycles. The van der Waals surface area contributed by atoms with Gasteiger partial charge in [0.25, 0.3) is 0 Å². The first-order chi connectivity index (χ1) is 9.44. The number of rotatable bonds is 7. The summed E-state index contributed by atoms with van der Waals surface area (Å²) in [6.07, 6.45) is 1.01. The van der Waals surface area contributed by atoms with Crippen LogP contribution in [0.25, 0.3) is 0 Å².